The fourth-order valence-electron chi connectivity index (χ4n) is 4.16. The zero-order valence-corrected chi connectivity index (χ0v) is 22.0. The number of hydrogen-bond acceptors (Lipinski definition) is 6. The number of carbonyl (C=O) groups is 1. The van der Waals surface area contributed by atoms with Gasteiger partial charge in [0.15, 0.2) is 18.3 Å². The summed E-state index contributed by atoms with van der Waals surface area (Å²) < 4.78 is 36.0. The first-order chi connectivity index (χ1) is 18.3. The molecule has 1 atom stereocenters. The quantitative estimate of drug-likeness (QED) is 0.226. The van der Waals surface area contributed by atoms with Gasteiger partial charge in [-0.05, 0) is 82.8 Å². The van der Waals surface area contributed by atoms with Crippen LogP contribution in [0.3, 0.4) is 0 Å². The lowest BCUT2D eigenvalue weighted by Crippen LogP contribution is -2.17. The number of benzene rings is 3. The standard InChI is InChI=1S/C29H27FN2O5S/c1-18-24(13-19-7-10-22(11-8-19)38(3)35)23-12-9-21(30)14-26(23)25(18)15-28(33)32-31-16-20-5-4-6-27(29(20)34)37-17-36-2/h4-14,16,34H,15,17H2,1-3H3,(H,32,33)/b24-13-,31-16?. The molecule has 4 rings (SSSR count). The Bertz CT molecular complexity index is 1480. The summed E-state index contributed by atoms with van der Waals surface area (Å²) in [5.74, 6) is -0.693. The number of phenolic OH excluding ortho intramolecular Hbond substituents is 1. The van der Waals surface area contributed by atoms with Crippen LogP contribution in [-0.4, -0.2) is 41.6 Å². The van der Waals surface area contributed by atoms with Gasteiger partial charge in [-0.15, -0.1) is 0 Å². The van der Waals surface area contributed by atoms with E-state index in [1.54, 1.807) is 30.5 Å². The fourth-order valence-corrected chi connectivity index (χ4v) is 4.68. The summed E-state index contributed by atoms with van der Waals surface area (Å²) in [6.07, 6.45) is 4.89. The fraction of sp³-hybridized carbons (Fsp3) is 0.172. The Morgan fingerprint density at radius 2 is 1.89 bits per heavy atom. The minimum atomic E-state index is -1.07. The Morgan fingerprint density at radius 1 is 1.13 bits per heavy atom. The molecule has 196 valence electrons. The summed E-state index contributed by atoms with van der Waals surface area (Å²) in [4.78, 5) is 13.5. The SMILES string of the molecule is COCOc1cccc(C=NNC(=O)CC2=C(C)/C(=C/c3ccc(S(C)=O)cc3)c3ccc(F)cc32)c1O. The molecule has 2 N–H and O–H groups in total. The highest BCUT2D eigenvalue weighted by Gasteiger charge is 2.25. The van der Waals surface area contributed by atoms with Crippen LogP contribution in [0, 0.1) is 5.82 Å². The van der Waals surface area contributed by atoms with E-state index < -0.39 is 22.5 Å². The van der Waals surface area contributed by atoms with Gasteiger partial charge in [-0.1, -0.05) is 24.3 Å². The lowest BCUT2D eigenvalue weighted by Gasteiger charge is -2.08. The van der Waals surface area contributed by atoms with E-state index in [0.29, 0.717) is 16.7 Å². The number of ether oxygens (including phenoxy) is 2. The van der Waals surface area contributed by atoms with Crippen molar-refractivity contribution in [2.75, 3.05) is 20.2 Å². The Balaban J connectivity index is 1.54. The van der Waals surface area contributed by atoms with Gasteiger partial charge in [-0.3, -0.25) is 9.00 Å². The van der Waals surface area contributed by atoms with Gasteiger partial charge in [0.05, 0.1) is 12.6 Å². The average molecular weight is 535 g/mol. The van der Waals surface area contributed by atoms with Crippen molar-refractivity contribution in [1.82, 2.24) is 5.43 Å². The van der Waals surface area contributed by atoms with E-state index in [4.69, 9.17) is 9.47 Å². The second-order valence-electron chi connectivity index (χ2n) is 8.59. The van der Waals surface area contributed by atoms with Crippen LogP contribution in [0.15, 0.2) is 76.2 Å². The maximum Gasteiger partial charge on any atom is 0.244 e. The molecule has 3 aromatic carbocycles. The van der Waals surface area contributed by atoms with Crippen molar-refractivity contribution >= 4 is 40.1 Å². The Kier molecular flexibility index (Phi) is 8.50. The smallest absolute Gasteiger partial charge is 0.244 e. The number of halogens is 1. The normalized spacial score (nSPS) is 14.7. The van der Waals surface area contributed by atoms with Crippen LogP contribution in [-0.2, 0) is 20.3 Å². The van der Waals surface area contributed by atoms with Crippen molar-refractivity contribution in [3.8, 4) is 11.5 Å². The van der Waals surface area contributed by atoms with E-state index in [9.17, 15) is 18.5 Å². The molecule has 1 aliphatic rings. The molecule has 7 nitrogen and oxygen atoms in total. The number of aromatic hydroxyl groups is 1. The van der Waals surface area contributed by atoms with Gasteiger partial charge in [0.1, 0.15) is 5.82 Å². The number of carbonyl (C=O) groups excluding carboxylic acids is 1. The number of allylic oxidation sites excluding steroid dienone is 2. The van der Waals surface area contributed by atoms with Crippen LogP contribution in [0.25, 0.3) is 17.2 Å². The predicted molar refractivity (Wildman–Crippen MR) is 147 cm³/mol. The highest BCUT2D eigenvalue weighted by Crippen LogP contribution is 2.43. The Hall–Kier alpha value is -4.08. The summed E-state index contributed by atoms with van der Waals surface area (Å²) >= 11 is 0. The van der Waals surface area contributed by atoms with Crippen LogP contribution in [0.1, 0.15) is 35.6 Å². The predicted octanol–water partition coefficient (Wildman–Crippen LogP) is 5.12. The van der Waals surface area contributed by atoms with Crippen molar-refractivity contribution in [2.24, 2.45) is 5.10 Å². The van der Waals surface area contributed by atoms with Gasteiger partial charge in [-0.25, -0.2) is 9.82 Å². The third kappa shape index (κ3) is 6.07. The van der Waals surface area contributed by atoms with Gasteiger partial charge >= 0.3 is 0 Å². The molecule has 0 saturated carbocycles. The van der Waals surface area contributed by atoms with Crippen LogP contribution in [0.2, 0.25) is 0 Å². The third-order valence-corrected chi connectivity index (χ3v) is 7.01. The number of amides is 1. The molecular weight excluding hydrogens is 507 g/mol. The summed E-state index contributed by atoms with van der Waals surface area (Å²) in [6.45, 7) is 1.87. The third-order valence-electron chi connectivity index (χ3n) is 6.07. The number of nitrogens with zero attached hydrogens (tertiary/aromatic N) is 1. The zero-order chi connectivity index (χ0) is 27.2. The van der Waals surface area contributed by atoms with E-state index in [1.807, 2.05) is 37.3 Å². The zero-order valence-electron chi connectivity index (χ0n) is 21.2. The summed E-state index contributed by atoms with van der Waals surface area (Å²) in [5.41, 5.74) is 7.64. The Morgan fingerprint density at radius 3 is 2.61 bits per heavy atom. The van der Waals surface area contributed by atoms with Crippen molar-refractivity contribution in [1.29, 1.82) is 0 Å². The van der Waals surface area contributed by atoms with Gasteiger partial charge in [0.25, 0.3) is 0 Å². The number of hydrazone groups is 1. The molecule has 38 heavy (non-hydrogen) atoms. The molecule has 0 bridgehead atoms. The molecule has 9 heteroatoms. The van der Waals surface area contributed by atoms with E-state index >= 15 is 0 Å². The first kappa shape index (κ1) is 27.0. The molecule has 0 spiro atoms. The van der Waals surface area contributed by atoms with Gasteiger partial charge in [0, 0.05) is 34.6 Å². The number of nitrogens with one attached hydrogen (secondary N) is 1. The van der Waals surface area contributed by atoms with Crippen LogP contribution >= 0.6 is 0 Å². The maximum atomic E-state index is 14.2. The summed E-state index contributed by atoms with van der Waals surface area (Å²) in [6, 6.07) is 16.8. The lowest BCUT2D eigenvalue weighted by molar-refractivity contribution is -0.120. The molecule has 1 aliphatic carbocycles. The highest BCUT2D eigenvalue weighted by atomic mass is 32.2. The Labute approximate surface area is 222 Å². The number of phenols is 1. The van der Waals surface area contributed by atoms with Crippen molar-refractivity contribution in [3.05, 3.63) is 94.3 Å². The van der Waals surface area contributed by atoms with Gasteiger partial charge in [0.2, 0.25) is 5.91 Å². The molecule has 0 fully saturated rings. The molecule has 0 aromatic heterocycles. The largest absolute Gasteiger partial charge is 0.504 e. The number of fused-ring (bicyclic) bond motifs is 1. The molecule has 0 heterocycles. The molecule has 3 aromatic rings. The van der Waals surface area contributed by atoms with Crippen molar-refractivity contribution < 1.29 is 28.0 Å². The van der Waals surface area contributed by atoms with Gasteiger partial charge < -0.3 is 14.6 Å². The van der Waals surface area contributed by atoms with E-state index in [1.165, 1.54) is 25.5 Å². The highest BCUT2D eigenvalue weighted by molar-refractivity contribution is 7.84. The molecule has 0 aliphatic heterocycles. The first-order valence-corrected chi connectivity index (χ1v) is 13.3. The minimum Gasteiger partial charge on any atom is -0.504 e. The molecule has 0 radical (unpaired) electrons. The van der Waals surface area contributed by atoms with Crippen LogP contribution < -0.4 is 10.2 Å². The second-order valence-corrected chi connectivity index (χ2v) is 9.97. The second kappa shape index (κ2) is 12.0. The molecule has 1 unspecified atom stereocenters. The lowest BCUT2D eigenvalue weighted by atomic mass is 10.0. The van der Waals surface area contributed by atoms with E-state index in [-0.39, 0.29) is 24.7 Å². The number of hydrogen-bond donors (Lipinski definition) is 2. The summed E-state index contributed by atoms with van der Waals surface area (Å²) in [7, 11) is 0.399. The number of rotatable bonds is 9. The first-order valence-electron chi connectivity index (χ1n) is 11.7. The summed E-state index contributed by atoms with van der Waals surface area (Å²) in [5, 5.41) is 14.3. The maximum absolute atomic E-state index is 14.2. The number of methoxy groups -OCH3 is 1. The average Bonchev–Trinajstić information content (AvgIpc) is 3.14. The molecule has 1 amide bonds. The monoisotopic (exact) mass is 534 g/mol. The van der Waals surface area contributed by atoms with E-state index in [0.717, 1.165) is 27.2 Å². The minimum absolute atomic E-state index is 0.0201. The molecular formula is C29H27FN2O5S. The topological polar surface area (TPSA) is 97.2 Å². The van der Waals surface area contributed by atoms with Gasteiger partial charge in [-0.2, -0.15) is 5.10 Å². The van der Waals surface area contributed by atoms with Crippen LogP contribution in [0.5, 0.6) is 11.5 Å². The van der Waals surface area contributed by atoms with E-state index in [2.05, 4.69) is 10.5 Å². The number of para-hydroxylation sites is 1. The van der Waals surface area contributed by atoms with Crippen molar-refractivity contribution in [3.63, 3.8) is 0 Å². The van der Waals surface area contributed by atoms with Crippen LogP contribution in [0.4, 0.5) is 4.39 Å². The van der Waals surface area contributed by atoms with Crippen molar-refractivity contribution in [2.45, 2.75) is 18.2 Å². The molecule has 0 saturated heterocycles.